The van der Waals surface area contributed by atoms with E-state index < -0.39 is 0 Å². The monoisotopic (exact) mass is 281 g/mol. The summed E-state index contributed by atoms with van der Waals surface area (Å²) in [5, 5.41) is 0. The molecule has 0 bridgehead atoms. The van der Waals surface area contributed by atoms with Crippen LogP contribution in [0.25, 0.3) is 0 Å². The van der Waals surface area contributed by atoms with Crippen molar-refractivity contribution < 1.29 is 4.74 Å². The van der Waals surface area contributed by atoms with E-state index >= 15 is 0 Å². The van der Waals surface area contributed by atoms with Crippen molar-refractivity contribution >= 4 is 11.8 Å². The molecule has 1 aromatic rings. The number of nitrogens with two attached hydrogens (primary N) is 1. The van der Waals surface area contributed by atoms with E-state index in [1.165, 1.54) is 24.3 Å². The van der Waals surface area contributed by atoms with Gasteiger partial charge in [0.25, 0.3) is 0 Å². The molecule has 3 heterocycles. The fourth-order valence-electron chi connectivity index (χ4n) is 3.14. The molecule has 1 aromatic heterocycles. The van der Waals surface area contributed by atoms with E-state index in [4.69, 9.17) is 10.5 Å². The van der Waals surface area contributed by atoms with E-state index in [1.807, 2.05) is 12.5 Å². The molecule has 0 saturated carbocycles. The minimum absolute atomic E-state index is 0.0556. The summed E-state index contributed by atoms with van der Waals surface area (Å²) in [7, 11) is 0. The molecule has 2 saturated heterocycles. The lowest BCUT2D eigenvalue weighted by molar-refractivity contribution is 0.180. The van der Waals surface area contributed by atoms with Crippen molar-refractivity contribution in [3.8, 4) is 0 Å². The van der Waals surface area contributed by atoms with Crippen molar-refractivity contribution in [2.75, 3.05) is 19.0 Å². The molecule has 3 atom stereocenters. The second kappa shape index (κ2) is 5.46. The summed E-state index contributed by atoms with van der Waals surface area (Å²) in [6.07, 6.45) is 7.56. The number of rotatable bonds is 4. The quantitative estimate of drug-likeness (QED) is 0.919. The number of aromatic nitrogens is 2. The molecule has 5 heteroatoms. The second-order valence-corrected chi connectivity index (χ2v) is 7.68. The predicted molar refractivity (Wildman–Crippen MR) is 78.2 cm³/mol. The van der Waals surface area contributed by atoms with Crippen LogP contribution in [-0.4, -0.2) is 33.3 Å². The Kier molecular flexibility index (Phi) is 3.87. The van der Waals surface area contributed by atoms with Gasteiger partial charge in [0.15, 0.2) is 0 Å². The minimum Gasteiger partial charge on any atom is -0.381 e. The molecule has 0 radical (unpaired) electrons. The molecule has 2 aliphatic heterocycles. The first-order valence-electron chi connectivity index (χ1n) is 7.15. The molecular weight excluding hydrogens is 258 g/mol. The number of thioether (sulfide) groups is 1. The maximum Gasteiger partial charge on any atom is 0.0949 e. The smallest absolute Gasteiger partial charge is 0.0949 e. The lowest BCUT2D eigenvalue weighted by Crippen LogP contribution is -2.29. The minimum atomic E-state index is 0.0556. The Balaban J connectivity index is 1.74. The van der Waals surface area contributed by atoms with Crippen molar-refractivity contribution in [3.63, 3.8) is 0 Å². The summed E-state index contributed by atoms with van der Waals surface area (Å²) in [5.74, 6) is 1.72. The van der Waals surface area contributed by atoms with Gasteiger partial charge in [0.05, 0.1) is 24.7 Å². The van der Waals surface area contributed by atoms with Crippen LogP contribution in [0.3, 0.4) is 0 Å². The predicted octanol–water partition coefficient (Wildman–Crippen LogP) is 2.21. The largest absolute Gasteiger partial charge is 0.381 e. The molecule has 3 rings (SSSR count). The van der Waals surface area contributed by atoms with E-state index in [-0.39, 0.29) is 6.04 Å². The van der Waals surface area contributed by atoms with Crippen LogP contribution >= 0.6 is 11.8 Å². The van der Waals surface area contributed by atoms with E-state index in [1.54, 1.807) is 0 Å². The van der Waals surface area contributed by atoms with Gasteiger partial charge < -0.3 is 15.0 Å². The fourth-order valence-corrected chi connectivity index (χ4v) is 4.44. The van der Waals surface area contributed by atoms with Gasteiger partial charge in [0.1, 0.15) is 0 Å². The van der Waals surface area contributed by atoms with Gasteiger partial charge in [-0.05, 0) is 31.9 Å². The molecule has 2 N–H and O–H groups in total. The van der Waals surface area contributed by atoms with E-state index in [0.29, 0.717) is 10.7 Å². The van der Waals surface area contributed by atoms with Crippen LogP contribution in [0.15, 0.2) is 12.5 Å². The van der Waals surface area contributed by atoms with E-state index in [2.05, 4.69) is 28.2 Å². The van der Waals surface area contributed by atoms with Crippen molar-refractivity contribution in [1.29, 1.82) is 0 Å². The number of imidazole rings is 1. The van der Waals surface area contributed by atoms with E-state index in [0.717, 1.165) is 26.2 Å². The van der Waals surface area contributed by atoms with Gasteiger partial charge in [-0.15, -0.1) is 0 Å². The van der Waals surface area contributed by atoms with Gasteiger partial charge in [-0.2, -0.15) is 11.8 Å². The highest BCUT2D eigenvalue weighted by molar-refractivity contribution is 8.00. The number of hydrogen-bond donors (Lipinski definition) is 1. The van der Waals surface area contributed by atoms with Crippen LogP contribution in [0.5, 0.6) is 0 Å². The summed E-state index contributed by atoms with van der Waals surface area (Å²) >= 11 is 2.08. The van der Waals surface area contributed by atoms with Crippen LogP contribution < -0.4 is 5.73 Å². The average Bonchev–Trinajstić information content (AvgIpc) is 3.09. The molecule has 4 nitrogen and oxygen atoms in total. The van der Waals surface area contributed by atoms with Crippen molar-refractivity contribution in [2.45, 2.75) is 43.5 Å². The highest BCUT2D eigenvalue weighted by atomic mass is 32.2. The number of hydrogen-bond acceptors (Lipinski definition) is 4. The Labute approximate surface area is 119 Å². The Morgan fingerprint density at radius 1 is 1.68 bits per heavy atom. The third-order valence-electron chi connectivity index (χ3n) is 4.36. The first-order chi connectivity index (χ1) is 9.18. The van der Waals surface area contributed by atoms with Crippen LogP contribution in [0.2, 0.25) is 0 Å². The molecule has 0 aromatic carbocycles. The zero-order valence-electron chi connectivity index (χ0n) is 11.5. The van der Waals surface area contributed by atoms with Crippen LogP contribution in [-0.2, 0) is 11.3 Å². The third-order valence-corrected chi connectivity index (χ3v) is 5.89. The summed E-state index contributed by atoms with van der Waals surface area (Å²) in [6, 6.07) is 0.0556. The number of ether oxygens (including phenoxy) is 1. The summed E-state index contributed by atoms with van der Waals surface area (Å²) in [5.41, 5.74) is 7.59. The van der Waals surface area contributed by atoms with Crippen molar-refractivity contribution in [1.82, 2.24) is 9.55 Å². The molecule has 3 unspecified atom stereocenters. The fraction of sp³-hybridized carbons (Fsp3) is 0.786. The highest BCUT2D eigenvalue weighted by Gasteiger charge is 2.32. The zero-order chi connectivity index (χ0) is 13.3. The highest BCUT2D eigenvalue weighted by Crippen LogP contribution is 2.39. The lowest BCUT2D eigenvalue weighted by atomic mass is 9.97. The number of nitrogens with zero attached hydrogens (tertiary/aromatic N) is 2. The molecule has 106 valence electrons. The summed E-state index contributed by atoms with van der Waals surface area (Å²) in [4.78, 5) is 4.32. The summed E-state index contributed by atoms with van der Waals surface area (Å²) in [6.45, 7) is 5.02. The Morgan fingerprint density at radius 3 is 3.26 bits per heavy atom. The van der Waals surface area contributed by atoms with Crippen molar-refractivity contribution in [3.05, 3.63) is 18.2 Å². The first kappa shape index (κ1) is 13.5. The van der Waals surface area contributed by atoms with Gasteiger partial charge in [-0.25, -0.2) is 4.98 Å². The molecule has 19 heavy (non-hydrogen) atoms. The Hall–Kier alpha value is -0.520. The maximum absolute atomic E-state index is 6.42. The lowest BCUT2D eigenvalue weighted by Gasteiger charge is -2.26. The zero-order valence-corrected chi connectivity index (χ0v) is 12.4. The van der Waals surface area contributed by atoms with Gasteiger partial charge in [0.2, 0.25) is 0 Å². The molecule has 2 fully saturated rings. The Bertz CT molecular complexity index is 422. The molecule has 0 aliphatic carbocycles. The SMILES string of the molecule is CC1(Cn2cncc2C(N)C2CCOC2)CCCS1. The second-order valence-electron chi connectivity index (χ2n) is 6.00. The Morgan fingerprint density at radius 2 is 2.58 bits per heavy atom. The standard InChI is InChI=1S/C14H23N3OS/c1-14(4-2-6-19-14)9-17-10-16-7-12(17)13(15)11-3-5-18-8-11/h7,10-11,13H,2-6,8-9,15H2,1H3. The molecule has 0 spiro atoms. The first-order valence-corrected chi connectivity index (χ1v) is 8.14. The van der Waals surface area contributed by atoms with Gasteiger partial charge >= 0.3 is 0 Å². The average molecular weight is 281 g/mol. The van der Waals surface area contributed by atoms with Crippen molar-refractivity contribution in [2.24, 2.45) is 11.7 Å². The molecule has 2 aliphatic rings. The van der Waals surface area contributed by atoms with Crippen LogP contribution in [0, 0.1) is 5.92 Å². The maximum atomic E-state index is 6.42. The van der Waals surface area contributed by atoms with Crippen LogP contribution in [0.4, 0.5) is 0 Å². The van der Waals surface area contributed by atoms with Gasteiger partial charge in [-0.3, -0.25) is 0 Å². The molecule has 0 amide bonds. The van der Waals surface area contributed by atoms with Gasteiger partial charge in [-0.1, -0.05) is 0 Å². The molecular formula is C14H23N3OS. The summed E-state index contributed by atoms with van der Waals surface area (Å²) < 4.78 is 8.07. The van der Waals surface area contributed by atoms with Crippen LogP contribution in [0.1, 0.15) is 37.9 Å². The normalized spacial score (nSPS) is 32.8. The topological polar surface area (TPSA) is 53.1 Å². The third kappa shape index (κ3) is 2.83. The van der Waals surface area contributed by atoms with E-state index in [9.17, 15) is 0 Å². The van der Waals surface area contributed by atoms with Gasteiger partial charge in [0, 0.05) is 30.0 Å².